The molecule has 1 aliphatic heterocycles. The molecule has 1 unspecified atom stereocenters. The molecule has 1 N–H and O–H groups in total. The van der Waals surface area contributed by atoms with Crippen molar-refractivity contribution < 1.29 is 57.5 Å². The molecule has 0 aromatic rings. The van der Waals surface area contributed by atoms with Crippen molar-refractivity contribution in [1.29, 1.82) is 0 Å². The number of allylic oxidation sites excluding steroid dienone is 2. The van der Waals surface area contributed by atoms with Gasteiger partial charge in [0, 0.05) is 36.3 Å². The minimum absolute atomic E-state index is 0.262. The highest BCUT2D eigenvalue weighted by molar-refractivity contribution is 5.88. The minimum atomic E-state index is -1.20. The van der Waals surface area contributed by atoms with Crippen molar-refractivity contribution in [3.05, 3.63) is 35.5 Å². The van der Waals surface area contributed by atoms with Crippen molar-refractivity contribution in [1.82, 2.24) is 0 Å². The van der Waals surface area contributed by atoms with E-state index in [4.69, 9.17) is 28.4 Å². The molecule has 1 heterocycles. The fourth-order valence-corrected chi connectivity index (χ4v) is 7.02. The van der Waals surface area contributed by atoms with Crippen molar-refractivity contribution >= 4 is 29.8 Å². The second kappa shape index (κ2) is 16.5. The number of esters is 5. The van der Waals surface area contributed by atoms with Crippen molar-refractivity contribution in [2.45, 2.75) is 131 Å². The van der Waals surface area contributed by atoms with Crippen LogP contribution in [0, 0.1) is 29.6 Å². The molecule has 274 valence electrons. The minimum Gasteiger partial charge on any atom is -0.462 e. The monoisotopic (exact) mass is 690 g/mol. The van der Waals surface area contributed by atoms with Crippen LogP contribution in [-0.2, 0) is 52.4 Å². The van der Waals surface area contributed by atoms with Gasteiger partial charge < -0.3 is 33.5 Å². The zero-order valence-corrected chi connectivity index (χ0v) is 30.5. The summed E-state index contributed by atoms with van der Waals surface area (Å²) in [4.78, 5) is 65.8. The lowest BCUT2D eigenvalue weighted by Gasteiger charge is -2.48. The number of fused-ring (bicyclic) bond motifs is 1. The molecule has 12 nitrogen and oxygen atoms in total. The molecule has 2 aliphatic carbocycles. The molecule has 2 saturated carbocycles. The zero-order valence-electron chi connectivity index (χ0n) is 30.5. The number of hydrogen-bond acceptors (Lipinski definition) is 12. The lowest BCUT2D eigenvalue weighted by atomic mass is 9.61. The molecule has 0 radical (unpaired) electrons. The van der Waals surface area contributed by atoms with Gasteiger partial charge in [-0.3, -0.25) is 14.4 Å². The normalized spacial score (nSPS) is 33.0. The van der Waals surface area contributed by atoms with Crippen LogP contribution in [0.15, 0.2) is 35.5 Å². The maximum Gasteiger partial charge on any atom is 0.333 e. The molecule has 0 amide bonds. The van der Waals surface area contributed by atoms with E-state index < -0.39 is 102 Å². The van der Waals surface area contributed by atoms with Gasteiger partial charge in [0.2, 0.25) is 0 Å². The van der Waals surface area contributed by atoms with Gasteiger partial charge in [-0.2, -0.15) is 0 Å². The van der Waals surface area contributed by atoms with Gasteiger partial charge in [-0.1, -0.05) is 39.0 Å². The van der Waals surface area contributed by atoms with Crippen molar-refractivity contribution in [3.8, 4) is 0 Å². The quantitative estimate of drug-likeness (QED) is 0.0890. The topological polar surface area (TPSA) is 164 Å². The van der Waals surface area contributed by atoms with Crippen LogP contribution in [0.3, 0.4) is 0 Å². The lowest BCUT2D eigenvalue weighted by Crippen LogP contribution is -2.58. The van der Waals surface area contributed by atoms with Crippen LogP contribution in [0.2, 0.25) is 0 Å². The van der Waals surface area contributed by atoms with E-state index in [9.17, 15) is 29.1 Å². The number of aliphatic hydroxyl groups is 1. The van der Waals surface area contributed by atoms with E-state index in [-0.39, 0.29) is 13.0 Å². The summed E-state index contributed by atoms with van der Waals surface area (Å²) >= 11 is 0. The first-order valence-corrected chi connectivity index (χ1v) is 17.2. The Bertz CT molecular complexity index is 1340. The molecule has 1 saturated heterocycles. The van der Waals surface area contributed by atoms with Crippen LogP contribution >= 0.6 is 0 Å². The Kier molecular flexibility index (Phi) is 13.4. The largest absolute Gasteiger partial charge is 0.462 e. The van der Waals surface area contributed by atoms with E-state index in [1.54, 1.807) is 40.7 Å². The van der Waals surface area contributed by atoms with Crippen LogP contribution in [0.4, 0.5) is 0 Å². The van der Waals surface area contributed by atoms with Gasteiger partial charge in [-0.25, -0.2) is 9.59 Å². The van der Waals surface area contributed by atoms with Gasteiger partial charge in [0.1, 0.15) is 24.4 Å². The third kappa shape index (κ3) is 9.19. The van der Waals surface area contributed by atoms with Crippen LogP contribution in [0.25, 0.3) is 0 Å². The number of hydrogen-bond donors (Lipinski definition) is 1. The highest BCUT2D eigenvalue weighted by Crippen LogP contribution is 2.60. The average Bonchev–Trinajstić information content (AvgIpc) is 3.69. The third-order valence-electron chi connectivity index (χ3n) is 10.1. The number of carbonyl (C=O) groups is 5. The van der Waals surface area contributed by atoms with Crippen molar-refractivity contribution in [3.63, 3.8) is 0 Å². The summed E-state index contributed by atoms with van der Waals surface area (Å²) < 4.78 is 36.3. The first-order chi connectivity index (χ1) is 22.9. The Balaban J connectivity index is 2.30. The zero-order chi connectivity index (χ0) is 37.0. The van der Waals surface area contributed by atoms with Gasteiger partial charge in [-0.05, 0) is 65.9 Å². The number of epoxide rings is 1. The lowest BCUT2D eigenvalue weighted by molar-refractivity contribution is -0.180. The molecule has 12 heteroatoms. The molecule has 3 aliphatic rings. The summed E-state index contributed by atoms with van der Waals surface area (Å²) in [6.07, 6.45) is -2.75. The van der Waals surface area contributed by atoms with E-state index in [0.717, 1.165) is 5.57 Å². The van der Waals surface area contributed by atoms with Crippen LogP contribution < -0.4 is 0 Å². The molecule has 0 aromatic heterocycles. The summed E-state index contributed by atoms with van der Waals surface area (Å²) in [5.41, 5.74) is 0.458. The van der Waals surface area contributed by atoms with Crippen molar-refractivity contribution in [2.24, 2.45) is 29.6 Å². The van der Waals surface area contributed by atoms with E-state index in [1.165, 1.54) is 19.9 Å². The smallest absolute Gasteiger partial charge is 0.333 e. The summed E-state index contributed by atoms with van der Waals surface area (Å²) in [7, 11) is 0. The number of aliphatic hydroxyl groups excluding tert-OH is 1. The fraction of sp³-hybridized carbons (Fsp3) is 0.703. The second-order valence-electron chi connectivity index (χ2n) is 14.0. The third-order valence-corrected chi connectivity index (χ3v) is 10.1. The van der Waals surface area contributed by atoms with Crippen LogP contribution in [-0.4, -0.2) is 83.8 Å². The Morgan fingerprint density at radius 2 is 1.63 bits per heavy atom. The molecule has 0 spiro atoms. The van der Waals surface area contributed by atoms with E-state index in [0.29, 0.717) is 24.0 Å². The number of rotatable bonds is 14. The van der Waals surface area contributed by atoms with E-state index in [1.807, 2.05) is 20.8 Å². The first kappa shape index (κ1) is 39.9. The average molecular weight is 691 g/mol. The molecule has 0 bridgehead atoms. The standard InChI is InChI=1S/C37H54O12/c1-12-18(4)15-25(40)47-31-22(8)27-29(30(37(11)17-44-37)34(31)49-36(43)20(6)14-3)28(23(9)45-26(41)16-21(7)38)33(46-24(10)39)32(27)48-35(42)19(5)13-2/h14-15,19,21,23,27-34,38H,8,12-13,16-17H2,1-7,9-11H3/b18-15+,20-14-/t19?,21-,23-,27+,28-,29+,30+,31+,32+,33-,34-,37-/m1/s1. The van der Waals surface area contributed by atoms with Crippen molar-refractivity contribution in [2.75, 3.05) is 6.61 Å². The molecular weight excluding hydrogens is 636 g/mol. The Morgan fingerprint density at radius 3 is 2.14 bits per heavy atom. The van der Waals surface area contributed by atoms with Gasteiger partial charge in [0.15, 0.2) is 6.10 Å². The Hall–Kier alpha value is -3.51. The summed E-state index contributed by atoms with van der Waals surface area (Å²) in [6, 6.07) is 0. The Labute approximate surface area is 289 Å². The Morgan fingerprint density at radius 1 is 1.00 bits per heavy atom. The van der Waals surface area contributed by atoms with Crippen LogP contribution in [0.1, 0.15) is 88.5 Å². The highest BCUT2D eigenvalue weighted by atomic mass is 16.6. The summed E-state index contributed by atoms with van der Waals surface area (Å²) in [5.74, 6) is -6.74. The summed E-state index contributed by atoms with van der Waals surface area (Å²) in [5, 5.41) is 9.87. The predicted octanol–water partition coefficient (Wildman–Crippen LogP) is 4.56. The summed E-state index contributed by atoms with van der Waals surface area (Å²) in [6.45, 7) is 21.3. The molecule has 0 aromatic carbocycles. The second-order valence-corrected chi connectivity index (χ2v) is 14.0. The van der Waals surface area contributed by atoms with E-state index in [2.05, 4.69) is 6.58 Å². The maximum atomic E-state index is 13.4. The highest BCUT2D eigenvalue weighted by Gasteiger charge is 2.71. The molecule has 49 heavy (non-hydrogen) atoms. The number of carbonyl (C=O) groups excluding carboxylic acids is 5. The van der Waals surface area contributed by atoms with Gasteiger partial charge in [0.25, 0.3) is 0 Å². The van der Waals surface area contributed by atoms with E-state index >= 15 is 0 Å². The maximum absolute atomic E-state index is 13.4. The predicted molar refractivity (Wildman–Crippen MR) is 177 cm³/mol. The SMILES string of the molecule is C=C1[C@@H]2[C@H](OC(=O)C(C)CC)[C@H](OC(C)=O)[C@H]([C@@H](C)OC(=O)C[C@@H](C)O)[C@H]2[C@H]([C@@]2(C)CO2)[C@@H](OC(=O)/C(C)=C\C)[C@H]1OC(=O)/C=C(\C)CC. The van der Waals surface area contributed by atoms with Gasteiger partial charge in [0.05, 0.1) is 30.7 Å². The first-order valence-electron chi connectivity index (χ1n) is 17.2. The molecule has 3 rings (SSSR count). The molecular formula is C37H54O12. The number of ether oxygens (including phenoxy) is 6. The molecule has 12 atom stereocenters. The molecule has 3 fully saturated rings. The van der Waals surface area contributed by atoms with Gasteiger partial charge >= 0.3 is 29.8 Å². The van der Waals surface area contributed by atoms with Crippen LogP contribution in [0.5, 0.6) is 0 Å². The van der Waals surface area contributed by atoms with Gasteiger partial charge in [-0.15, -0.1) is 0 Å². The fourth-order valence-electron chi connectivity index (χ4n) is 7.02.